The Hall–Kier alpha value is -4.05. The number of fused-ring (bicyclic) bond motifs is 1. The van der Waals surface area contributed by atoms with Crippen molar-refractivity contribution in [3.63, 3.8) is 0 Å². The van der Waals surface area contributed by atoms with Crippen LogP contribution in [-0.2, 0) is 6.54 Å². The second kappa shape index (κ2) is 8.98. The molecule has 2 aromatic heterocycles. The van der Waals surface area contributed by atoms with Crippen LogP contribution in [0.4, 0.5) is 10.8 Å². The molecule has 4 aromatic rings. The van der Waals surface area contributed by atoms with E-state index in [1.807, 2.05) is 13.0 Å². The summed E-state index contributed by atoms with van der Waals surface area (Å²) in [5.74, 6) is 0.140. The summed E-state index contributed by atoms with van der Waals surface area (Å²) in [5, 5.41) is 14.0. The maximum absolute atomic E-state index is 12.8. The minimum Gasteiger partial charge on any atom is -0.494 e. The molecule has 0 saturated heterocycles. The number of carbonyl (C=O) groups is 1. The number of nitro groups is 1. The maximum atomic E-state index is 12.8. The predicted octanol–water partition coefficient (Wildman–Crippen LogP) is 4.07. The highest BCUT2D eigenvalue weighted by atomic mass is 32.1. The topological polar surface area (TPSA) is 116 Å². The van der Waals surface area contributed by atoms with Crippen LogP contribution in [-0.4, -0.2) is 27.0 Å². The highest BCUT2D eigenvalue weighted by Crippen LogP contribution is 2.29. The van der Waals surface area contributed by atoms with Gasteiger partial charge in [-0.15, -0.1) is 0 Å². The smallest absolute Gasteiger partial charge is 0.269 e. The number of hydrogen-bond donors (Lipinski definition) is 1. The number of non-ortho nitro benzene ring substituents is 1. The Balaban J connectivity index is 1.56. The van der Waals surface area contributed by atoms with Crippen LogP contribution < -0.4 is 15.6 Å². The zero-order valence-electron chi connectivity index (χ0n) is 17.0. The first-order valence-electron chi connectivity index (χ1n) is 9.72. The van der Waals surface area contributed by atoms with Crippen LogP contribution in [0.25, 0.3) is 10.2 Å². The number of anilines is 1. The standard InChI is InChI=1S/C22H18N4O5S/c1-2-31-16-8-9-18-19(12-16)32-22(23-18)24-20(27)17-7-4-10-25(21(17)28)13-14-5-3-6-15(11-14)26(29)30/h3-12H,2,13H2,1H3,(H,23,24,27). The van der Waals surface area contributed by atoms with Crippen LogP contribution >= 0.6 is 11.3 Å². The van der Waals surface area contributed by atoms with E-state index in [1.165, 1.54) is 40.3 Å². The first-order valence-corrected chi connectivity index (χ1v) is 10.5. The number of carbonyl (C=O) groups excluding carboxylic acids is 1. The van der Waals surface area contributed by atoms with Crippen LogP contribution in [0.1, 0.15) is 22.8 Å². The molecule has 1 amide bonds. The van der Waals surface area contributed by atoms with Gasteiger partial charge in [0, 0.05) is 18.3 Å². The molecule has 0 saturated carbocycles. The molecule has 0 atom stereocenters. The summed E-state index contributed by atoms with van der Waals surface area (Å²) in [6.07, 6.45) is 1.53. The summed E-state index contributed by atoms with van der Waals surface area (Å²) >= 11 is 1.28. The van der Waals surface area contributed by atoms with Crippen molar-refractivity contribution in [2.75, 3.05) is 11.9 Å². The SMILES string of the molecule is CCOc1ccc2nc(NC(=O)c3cccn(Cc4cccc([N+](=O)[O-])c4)c3=O)sc2c1. The third-order valence-corrected chi connectivity index (χ3v) is 5.56. The van der Waals surface area contributed by atoms with Gasteiger partial charge in [-0.3, -0.25) is 25.0 Å². The highest BCUT2D eigenvalue weighted by Gasteiger charge is 2.15. The van der Waals surface area contributed by atoms with Gasteiger partial charge < -0.3 is 9.30 Å². The number of aromatic nitrogens is 2. The van der Waals surface area contributed by atoms with Crippen molar-refractivity contribution in [2.45, 2.75) is 13.5 Å². The molecule has 0 spiro atoms. The van der Waals surface area contributed by atoms with Crippen LogP contribution in [0.15, 0.2) is 65.6 Å². The molecule has 0 unspecified atom stereocenters. The maximum Gasteiger partial charge on any atom is 0.269 e. The summed E-state index contributed by atoms with van der Waals surface area (Å²) < 4.78 is 7.67. The number of nitro benzene ring substituents is 1. The number of rotatable bonds is 7. The molecular formula is C22H18N4O5S. The Labute approximate surface area is 186 Å². The average Bonchev–Trinajstić information content (AvgIpc) is 3.17. The van der Waals surface area contributed by atoms with E-state index in [1.54, 1.807) is 30.3 Å². The van der Waals surface area contributed by atoms with Crippen LogP contribution in [0.3, 0.4) is 0 Å². The van der Waals surface area contributed by atoms with Crippen LogP contribution in [0, 0.1) is 10.1 Å². The molecular weight excluding hydrogens is 432 g/mol. The number of nitrogens with one attached hydrogen (secondary N) is 1. The lowest BCUT2D eigenvalue weighted by atomic mass is 10.2. The Morgan fingerprint density at radius 1 is 1.22 bits per heavy atom. The molecule has 10 heteroatoms. The van der Waals surface area contributed by atoms with Gasteiger partial charge in [-0.1, -0.05) is 23.5 Å². The van der Waals surface area contributed by atoms with Crippen molar-refractivity contribution < 1.29 is 14.5 Å². The number of amides is 1. The quantitative estimate of drug-likeness (QED) is 0.335. The fraction of sp³-hybridized carbons (Fsp3) is 0.136. The number of pyridine rings is 1. The molecule has 2 heterocycles. The monoisotopic (exact) mass is 450 g/mol. The fourth-order valence-corrected chi connectivity index (χ4v) is 4.07. The Kier molecular flexibility index (Phi) is 5.95. The Bertz CT molecular complexity index is 1380. The minimum absolute atomic E-state index is 0.0489. The molecule has 32 heavy (non-hydrogen) atoms. The van der Waals surface area contributed by atoms with Gasteiger partial charge in [0.15, 0.2) is 5.13 Å². The molecule has 2 aromatic carbocycles. The van der Waals surface area contributed by atoms with E-state index in [2.05, 4.69) is 10.3 Å². The number of benzene rings is 2. The number of nitrogens with zero attached hydrogens (tertiary/aromatic N) is 3. The third kappa shape index (κ3) is 4.49. The zero-order valence-corrected chi connectivity index (χ0v) is 17.8. The lowest BCUT2D eigenvalue weighted by Crippen LogP contribution is -2.29. The summed E-state index contributed by atoms with van der Waals surface area (Å²) in [6.45, 7) is 2.54. The second-order valence-electron chi connectivity index (χ2n) is 6.82. The molecule has 9 nitrogen and oxygen atoms in total. The summed E-state index contributed by atoms with van der Waals surface area (Å²) in [6, 6.07) is 14.5. The molecule has 0 bridgehead atoms. The van der Waals surface area contributed by atoms with E-state index >= 15 is 0 Å². The van der Waals surface area contributed by atoms with Gasteiger partial charge in [0.1, 0.15) is 11.3 Å². The van der Waals surface area contributed by atoms with E-state index in [-0.39, 0.29) is 17.8 Å². The number of hydrogen-bond acceptors (Lipinski definition) is 7. The van der Waals surface area contributed by atoms with Gasteiger partial charge in [0.05, 0.1) is 28.3 Å². The molecule has 0 aliphatic heterocycles. The van der Waals surface area contributed by atoms with Gasteiger partial charge in [-0.2, -0.15) is 0 Å². The first kappa shape index (κ1) is 21.2. The normalized spacial score (nSPS) is 10.8. The summed E-state index contributed by atoms with van der Waals surface area (Å²) in [4.78, 5) is 40.5. The van der Waals surface area contributed by atoms with E-state index in [4.69, 9.17) is 4.74 Å². The van der Waals surface area contributed by atoms with E-state index in [0.29, 0.717) is 28.6 Å². The molecule has 0 fully saturated rings. The summed E-state index contributed by atoms with van der Waals surface area (Å²) in [5.41, 5.74) is 0.677. The lowest BCUT2D eigenvalue weighted by molar-refractivity contribution is -0.384. The largest absolute Gasteiger partial charge is 0.494 e. The molecule has 0 radical (unpaired) electrons. The number of ether oxygens (including phenoxy) is 1. The zero-order chi connectivity index (χ0) is 22.7. The van der Waals surface area contributed by atoms with Crippen molar-refractivity contribution in [3.8, 4) is 5.75 Å². The van der Waals surface area contributed by atoms with E-state index < -0.39 is 16.4 Å². The predicted molar refractivity (Wildman–Crippen MR) is 122 cm³/mol. The Morgan fingerprint density at radius 2 is 2.06 bits per heavy atom. The Morgan fingerprint density at radius 3 is 2.84 bits per heavy atom. The van der Waals surface area contributed by atoms with Crippen molar-refractivity contribution in [3.05, 3.63) is 92.4 Å². The van der Waals surface area contributed by atoms with Gasteiger partial charge in [-0.25, -0.2) is 4.98 Å². The summed E-state index contributed by atoms with van der Waals surface area (Å²) in [7, 11) is 0. The van der Waals surface area contributed by atoms with Crippen molar-refractivity contribution in [1.29, 1.82) is 0 Å². The van der Waals surface area contributed by atoms with Crippen LogP contribution in [0.2, 0.25) is 0 Å². The molecule has 162 valence electrons. The van der Waals surface area contributed by atoms with Gasteiger partial charge in [-0.05, 0) is 42.8 Å². The fourth-order valence-electron chi connectivity index (χ4n) is 3.18. The highest BCUT2D eigenvalue weighted by molar-refractivity contribution is 7.22. The van der Waals surface area contributed by atoms with Gasteiger partial charge in [0.25, 0.3) is 17.2 Å². The van der Waals surface area contributed by atoms with Crippen molar-refractivity contribution in [2.24, 2.45) is 0 Å². The molecule has 0 aliphatic carbocycles. The molecule has 0 aliphatic rings. The first-order chi connectivity index (χ1) is 15.4. The van der Waals surface area contributed by atoms with E-state index in [0.717, 1.165) is 4.70 Å². The lowest BCUT2D eigenvalue weighted by Gasteiger charge is -2.08. The van der Waals surface area contributed by atoms with Crippen molar-refractivity contribution >= 4 is 38.3 Å². The van der Waals surface area contributed by atoms with Gasteiger partial charge >= 0.3 is 0 Å². The average molecular weight is 450 g/mol. The number of thiazole rings is 1. The molecule has 4 rings (SSSR count). The third-order valence-electron chi connectivity index (χ3n) is 4.63. The second-order valence-corrected chi connectivity index (χ2v) is 7.85. The minimum atomic E-state index is -0.576. The van der Waals surface area contributed by atoms with Gasteiger partial charge in [0.2, 0.25) is 0 Å². The van der Waals surface area contributed by atoms with E-state index in [9.17, 15) is 19.7 Å². The molecule has 1 N–H and O–H groups in total. The van der Waals surface area contributed by atoms with Crippen molar-refractivity contribution in [1.82, 2.24) is 9.55 Å². The van der Waals surface area contributed by atoms with Crippen LogP contribution in [0.5, 0.6) is 5.75 Å².